The van der Waals surface area contributed by atoms with Crippen LogP contribution in [0.4, 0.5) is 0 Å². The maximum atomic E-state index is 12.0. The molecule has 2 heterocycles. The van der Waals surface area contributed by atoms with Crippen LogP contribution in [-0.2, 0) is 6.54 Å². The summed E-state index contributed by atoms with van der Waals surface area (Å²) >= 11 is 4.77. The highest BCUT2D eigenvalue weighted by Crippen LogP contribution is 2.18. The molecule has 1 aromatic carbocycles. The Morgan fingerprint density at radius 3 is 2.83 bits per heavy atom. The number of nitrogens with zero attached hydrogens (tertiary/aromatic N) is 2. The second-order valence-corrected chi connectivity index (χ2v) is 7.24. The van der Waals surface area contributed by atoms with Crippen LogP contribution >= 0.6 is 27.3 Å². The van der Waals surface area contributed by atoms with Crippen LogP contribution in [0, 0.1) is 0 Å². The zero-order valence-corrected chi connectivity index (χ0v) is 14.9. The topological polar surface area (TPSA) is 69.2 Å². The Morgan fingerprint density at radius 1 is 1.35 bits per heavy atom. The lowest BCUT2D eigenvalue weighted by atomic mass is 10.1. The lowest BCUT2D eigenvalue weighted by Gasteiger charge is -2.20. The van der Waals surface area contributed by atoms with Gasteiger partial charge in [-0.05, 0) is 36.2 Å². The predicted molar refractivity (Wildman–Crippen MR) is 95.7 cm³/mol. The first-order chi connectivity index (χ1) is 11.0. The minimum atomic E-state index is -0.593. The van der Waals surface area contributed by atoms with Crippen LogP contribution in [0.3, 0.4) is 0 Å². The Labute approximate surface area is 145 Å². The molecule has 0 aliphatic rings. The van der Waals surface area contributed by atoms with Gasteiger partial charge in [-0.25, -0.2) is 4.98 Å². The number of aliphatic hydroxyl groups is 1. The Bertz CT molecular complexity index is 860. The third kappa shape index (κ3) is 3.87. The summed E-state index contributed by atoms with van der Waals surface area (Å²) in [6.45, 7) is 0.918. The zero-order valence-electron chi connectivity index (χ0n) is 12.5. The van der Waals surface area contributed by atoms with E-state index in [1.54, 1.807) is 0 Å². The zero-order chi connectivity index (χ0) is 16.4. The van der Waals surface area contributed by atoms with Crippen LogP contribution in [0.2, 0.25) is 0 Å². The molecule has 5 nitrogen and oxygen atoms in total. The van der Waals surface area contributed by atoms with E-state index >= 15 is 0 Å². The molecule has 0 aliphatic heterocycles. The number of hydrogen-bond donors (Lipinski definition) is 2. The van der Waals surface area contributed by atoms with Crippen molar-refractivity contribution in [3.8, 4) is 0 Å². The minimum absolute atomic E-state index is 0.109. The predicted octanol–water partition coefficient (Wildman–Crippen LogP) is 2.91. The van der Waals surface area contributed by atoms with Crippen molar-refractivity contribution in [2.45, 2.75) is 12.6 Å². The number of hydrogen-bond acceptors (Lipinski definition) is 5. The van der Waals surface area contributed by atoms with Crippen molar-refractivity contribution >= 4 is 37.5 Å². The smallest absolute Gasteiger partial charge is 0.268 e. The summed E-state index contributed by atoms with van der Waals surface area (Å²) in [5, 5.41) is 12.2. The summed E-state index contributed by atoms with van der Waals surface area (Å²) in [4.78, 5) is 21.1. The van der Waals surface area contributed by atoms with Crippen molar-refractivity contribution in [3.63, 3.8) is 0 Å². The minimum Gasteiger partial charge on any atom is -0.387 e. The highest BCUT2D eigenvalue weighted by atomic mass is 79.9. The van der Waals surface area contributed by atoms with E-state index in [1.807, 2.05) is 47.7 Å². The SMILES string of the molecule is CN(Cc1nc2ccsc2c(=O)[nH]1)CC(O)c1ccc(Br)cc1. The van der Waals surface area contributed by atoms with Crippen LogP contribution in [0.15, 0.2) is 45.0 Å². The standard InChI is InChI=1S/C16H16BrN3O2S/c1-20(8-13(21)10-2-4-11(17)5-3-10)9-14-18-12-6-7-23-15(12)16(22)19-14/h2-7,13,21H,8-9H2,1H3,(H,18,19,22). The molecule has 0 fully saturated rings. The van der Waals surface area contributed by atoms with Crippen LogP contribution in [-0.4, -0.2) is 33.6 Å². The molecule has 0 saturated carbocycles. The number of nitrogens with one attached hydrogen (secondary N) is 1. The molecule has 3 aromatic rings. The van der Waals surface area contributed by atoms with Crippen molar-refractivity contribution < 1.29 is 5.11 Å². The van der Waals surface area contributed by atoms with Gasteiger partial charge < -0.3 is 10.1 Å². The van der Waals surface area contributed by atoms with Crippen molar-refractivity contribution in [2.75, 3.05) is 13.6 Å². The number of halogens is 1. The first-order valence-corrected chi connectivity index (χ1v) is 8.78. The molecule has 0 aliphatic carbocycles. The maximum absolute atomic E-state index is 12.0. The average molecular weight is 394 g/mol. The summed E-state index contributed by atoms with van der Waals surface area (Å²) in [7, 11) is 1.89. The number of aliphatic hydroxyl groups excluding tert-OH is 1. The molecule has 1 unspecified atom stereocenters. The van der Waals surface area contributed by atoms with Crippen molar-refractivity contribution in [1.82, 2.24) is 14.9 Å². The molecule has 120 valence electrons. The lowest BCUT2D eigenvalue weighted by Crippen LogP contribution is -2.26. The fourth-order valence-corrected chi connectivity index (χ4v) is 3.39. The quantitative estimate of drug-likeness (QED) is 0.698. The van der Waals surface area contributed by atoms with Crippen molar-refractivity contribution in [1.29, 1.82) is 0 Å². The second-order valence-electron chi connectivity index (χ2n) is 5.41. The van der Waals surface area contributed by atoms with Crippen molar-refractivity contribution in [3.05, 3.63) is 61.9 Å². The molecule has 0 radical (unpaired) electrons. The summed E-state index contributed by atoms with van der Waals surface area (Å²) < 4.78 is 1.62. The molecule has 3 rings (SSSR count). The molecule has 2 N–H and O–H groups in total. The van der Waals surface area contributed by atoms with Gasteiger partial charge in [0, 0.05) is 11.0 Å². The number of benzene rings is 1. The number of aromatic amines is 1. The number of rotatable bonds is 5. The molecule has 1 atom stereocenters. The first-order valence-electron chi connectivity index (χ1n) is 7.11. The highest BCUT2D eigenvalue weighted by molar-refractivity contribution is 9.10. The summed E-state index contributed by atoms with van der Waals surface area (Å²) in [6, 6.07) is 9.43. The van der Waals surface area contributed by atoms with E-state index in [-0.39, 0.29) is 5.56 Å². The van der Waals surface area contributed by atoms with Gasteiger partial charge >= 0.3 is 0 Å². The third-order valence-corrected chi connectivity index (χ3v) is 4.95. The fraction of sp³-hybridized carbons (Fsp3) is 0.250. The van der Waals surface area contributed by atoms with Gasteiger partial charge in [0.25, 0.3) is 5.56 Å². The largest absolute Gasteiger partial charge is 0.387 e. The van der Waals surface area contributed by atoms with Gasteiger partial charge in [0.1, 0.15) is 10.5 Å². The van der Waals surface area contributed by atoms with Gasteiger partial charge in [0.05, 0.1) is 18.2 Å². The number of thiophene rings is 1. The van der Waals surface area contributed by atoms with Gasteiger partial charge in [0.2, 0.25) is 0 Å². The number of H-pyrrole nitrogens is 1. The summed E-state index contributed by atoms with van der Waals surface area (Å²) in [5.74, 6) is 0.603. The first kappa shape index (κ1) is 16.3. The van der Waals surface area contributed by atoms with Gasteiger partial charge in [-0.3, -0.25) is 9.69 Å². The summed E-state index contributed by atoms with van der Waals surface area (Å²) in [6.07, 6.45) is -0.593. The fourth-order valence-electron chi connectivity index (χ4n) is 2.40. The molecule has 23 heavy (non-hydrogen) atoms. The van der Waals surface area contributed by atoms with Crippen LogP contribution in [0.1, 0.15) is 17.5 Å². The number of likely N-dealkylation sites (N-methyl/N-ethyl adjacent to an activating group) is 1. The molecule has 0 amide bonds. The number of fused-ring (bicyclic) bond motifs is 1. The van der Waals surface area contributed by atoms with Crippen LogP contribution in [0.25, 0.3) is 10.2 Å². The maximum Gasteiger partial charge on any atom is 0.268 e. The number of aromatic nitrogens is 2. The molecule has 0 spiro atoms. The monoisotopic (exact) mass is 393 g/mol. The lowest BCUT2D eigenvalue weighted by molar-refractivity contribution is 0.122. The van der Waals surface area contributed by atoms with E-state index in [0.717, 1.165) is 15.6 Å². The molecular formula is C16H16BrN3O2S. The van der Waals surface area contributed by atoms with Crippen LogP contribution in [0.5, 0.6) is 0 Å². The van der Waals surface area contributed by atoms with E-state index in [0.29, 0.717) is 23.6 Å². The van der Waals surface area contributed by atoms with Crippen molar-refractivity contribution in [2.24, 2.45) is 0 Å². The Hall–Kier alpha value is -1.54. The molecule has 7 heteroatoms. The second kappa shape index (κ2) is 6.92. The van der Waals surface area contributed by atoms with Crippen LogP contribution < -0.4 is 5.56 Å². The van der Waals surface area contributed by atoms with E-state index in [9.17, 15) is 9.90 Å². The highest BCUT2D eigenvalue weighted by Gasteiger charge is 2.13. The third-order valence-electron chi connectivity index (χ3n) is 3.52. The average Bonchev–Trinajstić information content (AvgIpc) is 2.96. The Balaban J connectivity index is 1.69. The molecular weight excluding hydrogens is 378 g/mol. The molecule has 0 bridgehead atoms. The normalized spacial score (nSPS) is 12.9. The van der Waals surface area contributed by atoms with E-state index < -0.39 is 6.10 Å². The van der Waals surface area contributed by atoms with Gasteiger partial charge in [-0.2, -0.15) is 0 Å². The van der Waals surface area contributed by atoms with E-state index in [2.05, 4.69) is 25.9 Å². The van der Waals surface area contributed by atoms with E-state index in [1.165, 1.54) is 11.3 Å². The molecule has 2 aromatic heterocycles. The van der Waals surface area contributed by atoms with Gasteiger partial charge in [0.15, 0.2) is 0 Å². The Kier molecular flexibility index (Phi) is 4.91. The molecule has 0 saturated heterocycles. The van der Waals surface area contributed by atoms with Gasteiger partial charge in [-0.1, -0.05) is 28.1 Å². The summed E-state index contributed by atoms with van der Waals surface area (Å²) in [5.41, 5.74) is 1.47. The van der Waals surface area contributed by atoms with E-state index in [4.69, 9.17) is 0 Å². The van der Waals surface area contributed by atoms with Gasteiger partial charge in [-0.15, -0.1) is 11.3 Å². The Morgan fingerprint density at radius 2 is 2.09 bits per heavy atom.